The third kappa shape index (κ3) is 2.96. The smallest absolute Gasteiger partial charge is 0.125 e. The van der Waals surface area contributed by atoms with E-state index in [0.29, 0.717) is 6.42 Å². The Kier molecular flexibility index (Phi) is 4.25. The molecular weight excluding hydrogens is 350 g/mol. The molecule has 2 aromatic rings. The number of aryl methyl sites for hydroxylation is 1. The maximum Gasteiger partial charge on any atom is 0.125 e. The van der Waals surface area contributed by atoms with Crippen molar-refractivity contribution in [3.63, 3.8) is 0 Å². The minimum Gasteiger partial charge on any atom is -0.493 e. The van der Waals surface area contributed by atoms with Crippen LogP contribution in [0.1, 0.15) is 28.3 Å². The molecule has 0 saturated heterocycles. The summed E-state index contributed by atoms with van der Waals surface area (Å²) in [4.78, 5) is 0. The highest BCUT2D eigenvalue weighted by Crippen LogP contribution is 2.36. The van der Waals surface area contributed by atoms with E-state index in [1.807, 2.05) is 25.1 Å². The summed E-state index contributed by atoms with van der Waals surface area (Å²) in [6.07, 6.45) is 1.67. The molecule has 0 saturated carbocycles. The van der Waals surface area contributed by atoms with Crippen LogP contribution in [-0.4, -0.2) is 6.61 Å². The summed E-state index contributed by atoms with van der Waals surface area (Å²) in [7, 11) is 0. The Balaban J connectivity index is 1.92. The third-order valence-electron chi connectivity index (χ3n) is 3.89. The van der Waals surface area contributed by atoms with Crippen molar-refractivity contribution in [2.75, 3.05) is 6.61 Å². The molecule has 0 aromatic heterocycles. The van der Waals surface area contributed by atoms with Crippen LogP contribution in [0.3, 0.4) is 0 Å². The molecule has 1 unspecified atom stereocenters. The predicted molar refractivity (Wildman–Crippen MR) is 90.2 cm³/mol. The molecule has 1 heterocycles. The summed E-state index contributed by atoms with van der Waals surface area (Å²) >= 11 is 9.95. The molecular formula is C17H17BrClNO. The van der Waals surface area contributed by atoms with E-state index in [1.165, 1.54) is 5.56 Å². The lowest BCUT2D eigenvalue weighted by molar-refractivity contribution is 0.352. The van der Waals surface area contributed by atoms with Crippen molar-refractivity contribution < 1.29 is 4.74 Å². The van der Waals surface area contributed by atoms with Crippen molar-refractivity contribution in [1.29, 1.82) is 0 Å². The number of nitrogens with two attached hydrogens (primary N) is 1. The minimum absolute atomic E-state index is 0.139. The van der Waals surface area contributed by atoms with Gasteiger partial charge in [-0.15, -0.1) is 0 Å². The zero-order chi connectivity index (χ0) is 15.0. The second-order valence-corrected chi connectivity index (χ2v) is 6.73. The number of hydrogen-bond donors (Lipinski definition) is 1. The van der Waals surface area contributed by atoms with Gasteiger partial charge in [0.25, 0.3) is 0 Å². The van der Waals surface area contributed by atoms with Gasteiger partial charge in [0.1, 0.15) is 5.75 Å². The fraction of sp³-hybridized carbons (Fsp3) is 0.294. The lowest BCUT2D eigenvalue weighted by atomic mass is 9.96. The van der Waals surface area contributed by atoms with Gasteiger partial charge in [-0.3, -0.25) is 0 Å². The van der Waals surface area contributed by atoms with Crippen LogP contribution in [0.2, 0.25) is 5.02 Å². The van der Waals surface area contributed by atoms with E-state index in [0.717, 1.165) is 45.0 Å². The van der Waals surface area contributed by atoms with Gasteiger partial charge in [-0.1, -0.05) is 45.7 Å². The van der Waals surface area contributed by atoms with Crippen molar-refractivity contribution in [2.45, 2.75) is 25.8 Å². The monoisotopic (exact) mass is 365 g/mol. The van der Waals surface area contributed by atoms with Gasteiger partial charge in [0.15, 0.2) is 0 Å². The minimum atomic E-state index is -0.139. The Morgan fingerprint density at radius 2 is 2.19 bits per heavy atom. The van der Waals surface area contributed by atoms with E-state index in [4.69, 9.17) is 22.1 Å². The lowest BCUT2D eigenvalue weighted by Gasteiger charge is -2.17. The van der Waals surface area contributed by atoms with Gasteiger partial charge < -0.3 is 10.5 Å². The first-order chi connectivity index (χ1) is 10.1. The largest absolute Gasteiger partial charge is 0.493 e. The first-order valence-electron chi connectivity index (χ1n) is 7.01. The number of hydrogen-bond acceptors (Lipinski definition) is 2. The maximum absolute atomic E-state index is 6.39. The van der Waals surface area contributed by atoms with Crippen LogP contribution in [0.5, 0.6) is 5.75 Å². The van der Waals surface area contributed by atoms with Crippen LogP contribution in [0.4, 0.5) is 0 Å². The molecule has 2 nitrogen and oxygen atoms in total. The summed E-state index contributed by atoms with van der Waals surface area (Å²) < 4.78 is 6.84. The van der Waals surface area contributed by atoms with Crippen LogP contribution >= 0.6 is 27.5 Å². The van der Waals surface area contributed by atoms with Crippen molar-refractivity contribution in [3.8, 4) is 5.75 Å². The summed E-state index contributed by atoms with van der Waals surface area (Å²) in [6, 6.07) is 10.1. The van der Waals surface area contributed by atoms with Crippen LogP contribution in [0.25, 0.3) is 0 Å². The van der Waals surface area contributed by atoms with E-state index in [9.17, 15) is 0 Å². The van der Waals surface area contributed by atoms with Crippen LogP contribution in [0, 0.1) is 6.92 Å². The Labute approximate surface area is 138 Å². The van der Waals surface area contributed by atoms with E-state index in [-0.39, 0.29) is 6.04 Å². The summed E-state index contributed by atoms with van der Waals surface area (Å²) in [5.74, 6) is 0.998. The van der Waals surface area contributed by atoms with Crippen LogP contribution < -0.4 is 10.5 Å². The fourth-order valence-corrected chi connectivity index (χ4v) is 3.62. The SMILES string of the molecule is Cc1cccc(C(N)Cc2cc(Br)cc3c2OCC3)c1Cl. The Morgan fingerprint density at radius 3 is 3.00 bits per heavy atom. The molecule has 110 valence electrons. The van der Waals surface area contributed by atoms with E-state index in [1.54, 1.807) is 0 Å². The first kappa shape index (κ1) is 14.9. The van der Waals surface area contributed by atoms with Gasteiger partial charge >= 0.3 is 0 Å². The summed E-state index contributed by atoms with van der Waals surface area (Å²) in [6.45, 7) is 2.75. The topological polar surface area (TPSA) is 35.2 Å². The second kappa shape index (κ2) is 5.99. The third-order valence-corrected chi connectivity index (χ3v) is 4.86. The molecule has 2 N–H and O–H groups in total. The highest BCUT2D eigenvalue weighted by Gasteiger charge is 2.20. The Hall–Kier alpha value is -1.03. The number of ether oxygens (including phenoxy) is 1. The maximum atomic E-state index is 6.39. The average molecular weight is 367 g/mol. The van der Waals surface area contributed by atoms with Crippen LogP contribution in [0.15, 0.2) is 34.8 Å². The molecule has 0 spiro atoms. The molecule has 0 amide bonds. The molecule has 2 aromatic carbocycles. The van der Waals surface area contributed by atoms with Crippen molar-refractivity contribution in [2.24, 2.45) is 5.73 Å². The standard InChI is InChI=1S/C17H17BrClNO/c1-10-3-2-4-14(16(10)19)15(20)9-12-8-13(18)7-11-5-6-21-17(11)12/h2-4,7-8,15H,5-6,9,20H2,1H3. The molecule has 1 aliphatic heterocycles. The van der Waals surface area contributed by atoms with Crippen molar-refractivity contribution in [3.05, 3.63) is 62.1 Å². The van der Waals surface area contributed by atoms with E-state index in [2.05, 4.69) is 28.1 Å². The summed E-state index contributed by atoms with van der Waals surface area (Å²) in [5, 5.41) is 0.762. The molecule has 1 aliphatic rings. The lowest BCUT2D eigenvalue weighted by Crippen LogP contribution is -2.14. The normalized spacial score (nSPS) is 14.7. The molecule has 4 heteroatoms. The predicted octanol–water partition coefficient (Wildman–Crippen LogP) is 4.59. The zero-order valence-corrected chi connectivity index (χ0v) is 14.2. The van der Waals surface area contributed by atoms with Gasteiger partial charge in [-0.25, -0.2) is 0 Å². The molecule has 0 radical (unpaired) electrons. The molecule has 21 heavy (non-hydrogen) atoms. The molecule has 3 rings (SSSR count). The highest BCUT2D eigenvalue weighted by molar-refractivity contribution is 9.10. The van der Waals surface area contributed by atoms with Gasteiger partial charge in [0.05, 0.1) is 6.61 Å². The molecule has 0 fully saturated rings. The fourth-order valence-electron chi connectivity index (χ4n) is 2.80. The summed E-state index contributed by atoms with van der Waals surface area (Å²) in [5.41, 5.74) is 10.8. The van der Waals surface area contributed by atoms with E-state index < -0.39 is 0 Å². The number of rotatable bonds is 3. The molecule has 0 bridgehead atoms. The Morgan fingerprint density at radius 1 is 1.38 bits per heavy atom. The molecule has 1 atom stereocenters. The second-order valence-electron chi connectivity index (χ2n) is 5.44. The quantitative estimate of drug-likeness (QED) is 0.862. The van der Waals surface area contributed by atoms with Gasteiger partial charge in [0.2, 0.25) is 0 Å². The Bertz CT molecular complexity index is 687. The number of benzene rings is 2. The average Bonchev–Trinajstić information content (AvgIpc) is 2.90. The first-order valence-corrected chi connectivity index (χ1v) is 8.18. The van der Waals surface area contributed by atoms with Gasteiger partial charge in [-0.05, 0) is 47.7 Å². The van der Waals surface area contributed by atoms with Gasteiger partial charge in [-0.2, -0.15) is 0 Å². The van der Waals surface area contributed by atoms with Crippen LogP contribution in [-0.2, 0) is 12.8 Å². The van der Waals surface area contributed by atoms with Gasteiger partial charge in [0, 0.05) is 22.0 Å². The van der Waals surface area contributed by atoms with Crippen molar-refractivity contribution >= 4 is 27.5 Å². The number of halogens is 2. The molecule has 0 aliphatic carbocycles. The van der Waals surface area contributed by atoms with E-state index >= 15 is 0 Å². The highest BCUT2D eigenvalue weighted by atomic mass is 79.9. The number of fused-ring (bicyclic) bond motifs is 1. The zero-order valence-electron chi connectivity index (χ0n) is 11.8. The van der Waals surface area contributed by atoms with Crippen molar-refractivity contribution in [1.82, 2.24) is 0 Å².